The number of nitrogens with one attached hydrogen (secondary N) is 1. The van der Waals surface area contributed by atoms with Gasteiger partial charge in [0.1, 0.15) is 18.2 Å². The number of amides is 2. The average molecular weight is 329 g/mol. The van der Waals surface area contributed by atoms with E-state index in [1.807, 2.05) is 30.3 Å². The van der Waals surface area contributed by atoms with Crippen LogP contribution in [0.25, 0.3) is 6.08 Å². The minimum atomic E-state index is -0.488. The van der Waals surface area contributed by atoms with Gasteiger partial charge in [-0.1, -0.05) is 30.3 Å². The number of rotatable bonds is 4. The van der Waals surface area contributed by atoms with E-state index in [-0.39, 0.29) is 4.91 Å². The number of thioether (sulfide) groups is 1. The number of benzene rings is 2. The molecule has 116 valence electrons. The second-order valence-electron chi connectivity index (χ2n) is 4.81. The normalized spacial score (nSPS) is 15.8. The second-order valence-corrected chi connectivity index (χ2v) is 5.82. The van der Waals surface area contributed by atoms with Gasteiger partial charge in [-0.3, -0.25) is 14.9 Å². The fourth-order valence-electron chi connectivity index (χ4n) is 2.06. The summed E-state index contributed by atoms with van der Waals surface area (Å²) in [6.45, 7) is 0.320. The van der Waals surface area contributed by atoms with E-state index < -0.39 is 17.0 Å². The second kappa shape index (κ2) is 6.66. The third-order valence-corrected chi connectivity index (χ3v) is 3.95. The number of carbonyl (C=O) groups is 2. The van der Waals surface area contributed by atoms with E-state index in [1.165, 1.54) is 24.3 Å². The molecule has 0 atom stereocenters. The first-order chi connectivity index (χ1) is 11.1. The summed E-state index contributed by atoms with van der Waals surface area (Å²) in [5.74, 6) is -0.493. The van der Waals surface area contributed by atoms with Gasteiger partial charge in [0.15, 0.2) is 0 Å². The van der Waals surface area contributed by atoms with Crippen molar-refractivity contribution in [3.05, 3.63) is 70.4 Å². The van der Waals surface area contributed by atoms with E-state index >= 15 is 0 Å². The number of carbonyl (C=O) groups excluding carboxylic acids is 2. The first kappa shape index (κ1) is 15.3. The van der Waals surface area contributed by atoms with Gasteiger partial charge in [-0.2, -0.15) is 0 Å². The zero-order chi connectivity index (χ0) is 16.2. The summed E-state index contributed by atoms with van der Waals surface area (Å²) in [6, 6.07) is 13.6. The molecule has 0 saturated carbocycles. The molecule has 0 aliphatic carbocycles. The maximum atomic E-state index is 13.5. The van der Waals surface area contributed by atoms with Crippen molar-refractivity contribution < 1.29 is 18.7 Å². The highest BCUT2D eigenvalue weighted by molar-refractivity contribution is 8.18. The van der Waals surface area contributed by atoms with E-state index in [0.717, 1.165) is 17.3 Å². The fraction of sp³-hybridized carbons (Fsp3) is 0.0588. The fourth-order valence-corrected chi connectivity index (χ4v) is 2.73. The zero-order valence-electron chi connectivity index (χ0n) is 11.9. The molecule has 1 N–H and O–H groups in total. The quantitative estimate of drug-likeness (QED) is 0.869. The van der Waals surface area contributed by atoms with Crippen molar-refractivity contribution in [2.45, 2.75) is 6.61 Å². The molecule has 3 rings (SSSR count). The standard InChI is InChI=1S/C17H12FNO3S/c18-13-6-7-14(22-10-11-4-2-1-3-5-11)12(8-13)9-15-16(20)19-17(21)23-15/h1-9H,10H2,(H,19,20,21)/b15-9-. The van der Waals surface area contributed by atoms with Crippen LogP contribution in [0.5, 0.6) is 5.75 Å². The van der Waals surface area contributed by atoms with Crippen LogP contribution in [0.1, 0.15) is 11.1 Å². The molecule has 23 heavy (non-hydrogen) atoms. The first-order valence-corrected chi connectivity index (χ1v) is 7.64. The summed E-state index contributed by atoms with van der Waals surface area (Å²) in [6.07, 6.45) is 1.45. The van der Waals surface area contributed by atoms with Crippen molar-refractivity contribution >= 4 is 29.0 Å². The molecule has 0 aromatic heterocycles. The zero-order valence-corrected chi connectivity index (χ0v) is 12.7. The number of hydrogen-bond donors (Lipinski definition) is 1. The van der Waals surface area contributed by atoms with Crippen LogP contribution in [0.3, 0.4) is 0 Å². The lowest BCUT2D eigenvalue weighted by molar-refractivity contribution is -0.115. The molecule has 2 amide bonds. The van der Waals surface area contributed by atoms with Gasteiger partial charge < -0.3 is 4.74 Å². The first-order valence-electron chi connectivity index (χ1n) is 6.83. The van der Waals surface area contributed by atoms with Crippen molar-refractivity contribution in [2.24, 2.45) is 0 Å². The molecule has 1 saturated heterocycles. The topological polar surface area (TPSA) is 55.4 Å². The van der Waals surface area contributed by atoms with E-state index in [2.05, 4.69) is 5.32 Å². The molecule has 0 radical (unpaired) electrons. The molecule has 2 aromatic rings. The third kappa shape index (κ3) is 3.78. The number of hydrogen-bond acceptors (Lipinski definition) is 4. The van der Waals surface area contributed by atoms with Gasteiger partial charge in [-0.15, -0.1) is 0 Å². The number of imide groups is 1. The summed E-state index contributed by atoms with van der Waals surface area (Å²) in [5, 5.41) is 1.72. The summed E-state index contributed by atoms with van der Waals surface area (Å²) >= 11 is 0.781. The SMILES string of the molecule is O=C1NC(=O)/C(=C/c2cc(F)ccc2OCc2ccccc2)S1. The maximum Gasteiger partial charge on any atom is 0.290 e. The molecule has 6 heteroatoms. The maximum absolute atomic E-state index is 13.5. The van der Waals surface area contributed by atoms with E-state index in [1.54, 1.807) is 0 Å². The Labute approximate surface area is 136 Å². The van der Waals surface area contributed by atoms with Crippen LogP contribution in [0.15, 0.2) is 53.4 Å². The highest BCUT2D eigenvalue weighted by Crippen LogP contribution is 2.30. The number of ether oxygens (including phenoxy) is 1. The van der Waals surface area contributed by atoms with E-state index in [9.17, 15) is 14.0 Å². The van der Waals surface area contributed by atoms with Crippen LogP contribution in [-0.2, 0) is 11.4 Å². The monoisotopic (exact) mass is 329 g/mol. The minimum Gasteiger partial charge on any atom is -0.488 e. The third-order valence-electron chi connectivity index (χ3n) is 3.14. The molecule has 1 fully saturated rings. The molecule has 1 aliphatic rings. The van der Waals surface area contributed by atoms with Crippen LogP contribution >= 0.6 is 11.8 Å². The highest BCUT2D eigenvalue weighted by Gasteiger charge is 2.25. The van der Waals surface area contributed by atoms with E-state index in [4.69, 9.17) is 4.74 Å². The van der Waals surface area contributed by atoms with Crippen molar-refractivity contribution in [3.63, 3.8) is 0 Å². The Hall–Kier alpha value is -2.60. The lowest BCUT2D eigenvalue weighted by atomic mass is 10.1. The van der Waals surface area contributed by atoms with Gasteiger partial charge in [-0.05, 0) is 41.6 Å². The molecule has 2 aromatic carbocycles. The molecule has 4 nitrogen and oxygen atoms in total. The summed E-state index contributed by atoms with van der Waals surface area (Å²) in [5.41, 5.74) is 1.38. The number of halogens is 1. The van der Waals surface area contributed by atoms with Gasteiger partial charge >= 0.3 is 0 Å². The highest BCUT2D eigenvalue weighted by atomic mass is 32.2. The van der Waals surface area contributed by atoms with Gasteiger partial charge in [0.05, 0.1) is 4.91 Å². The Morgan fingerprint density at radius 3 is 2.61 bits per heavy atom. The van der Waals surface area contributed by atoms with Crippen molar-refractivity contribution in [1.29, 1.82) is 0 Å². The summed E-state index contributed by atoms with van der Waals surface area (Å²) in [7, 11) is 0. The van der Waals surface area contributed by atoms with Gasteiger partial charge in [0.25, 0.3) is 11.1 Å². The summed E-state index contributed by atoms with van der Waals surface area (Å²) < 4.78 is 19.2. The van der Waals surface area contributed by atoms with Crippen LogP contribution in [-0.4, -0.2) is 11.1 Å². The van der Waals surface area contributed by atoms with Crippen LogP contribution in [0.2, 0.25) is 0 Å². The Kier molecular flexibility index (Phi) is 4.43. The Morgan fingerprint density at radius 2 is 1.91 bits per heavy atom. The molecular weight excluding hydrogens is 317 g/mol. The Bertz CT molecular complexity index is 790. The summed E-state index contributed by atoms with van der Waals surface area (Å²) in [4.78, 5) is 23.0. The molecule has 0 unspecified atom stereocenters. The minimum absolute atomic E-state index is 0.213. The van der Waals surface area contributed by atoms with Crippen molar-refractivity contribution in [2.75, 3.05) is 0 Å². The average Bonchev–Trinajstić information content (AvgIpc) is 2.85. The molecule has 1 aliphatic heterocycles. The Balaban J connectivity index is 1.85. The van der Waals surface area contributed by atoms with Crippen LogP contribution < -0.4 is 10.1 Å². The lowest BCUT2D eigenvalue weighted by Gasteiger charge is -2.10. The smallest absolute Gasteiger partial charge is 0.290 e. The van der Waals surface area contributed by atoms with Crippen LogP contribution in [0.4, 0.5) is 9.18 Å². The van der Waals surface area contributed by atoms with Gasteiger partial charge in [0.2, 0.25) is 0 Å². The largest absolute Gasteiger partial charge is 0.488 e. The predicted molar refractivity (Wildman–Crippen MR) is 86.3 cm³/mol. The molecule has 1 heterocycles. The van der Waals surface area contributed by atoms with E-state index in [0.29, 0.717) is 17.9 Å². The van der Waals surface area contributed by atoms with Gasteiger partial charge in [-0.25, -0.2) is 4.39 Å². The molecular formula is C17H12FNO3S. The van der Waals surface area contributed by atoms with Crippen LogP contribution in [0, 0.1) is 5.82 Å². The Morgan fingerprint density at radius 1 is 1.13 bits per heavy atom. The predicted octanol–water partition coefficient (Wildman–Crippen LogP) is 3.73. The van der Waals surface area contributed by atoms with Crippen molar-refractivity contribution in [1.82, 2.24) is 5.32 Å². The lowest BCUT2D eigenvalue weighted by Crippen LogP contribution is -2.17. The molecule has 0 bridgehead atoms. The van der Waals surface area contributed by atoms with Gasteiger partial charge in [0, 0.05) is 5.56 Å². The molecule has 0 spiro atoms. The van der Waals surface area contributed by atoms with Crippen molar-refractivity contribution in [3.8, 4) is 5.75 Å².